The van der Waals surface area contributed by atoms with E-state index in [1.54, 1.807) is 67.6 Å². The van der Waals surface area contributed by atoms with Gasteiger partial charge in [-0.15, -0.1) is 4.72 Å². The number of carbonyl (C=O) groups is 1. The monoisotopic (exact) mass is 528 g/mol. The van der Waals surface area contributed by atoms with Gasteiger partial charge < -0.3 is 14.3 Å². The second-order valence-corrected chi connectivity index (χ2v) is 9.47. The van der Waals surface area contributed by atoms with E-state index in [-0.39, 0.29) is 17.5 Å². The van der Waals surface area contributed by atoms with E-state index in [1.165, 1.54) is 12.1 Å². The van der Waals surface area contributed by atoms with Crippen LogP contribution in [0.15, 0.2) is 88.6 Å². The number of hydrogen-bond donors (Lipinski definition) is 2. The largest absolute Gasteiger partial charge is 0.593 e. The molecule has 0 aliphatic rings. The predicted octanol–water partition coefficient (Wildman–Crippen LogP) is 5.05. The molecule has 0 aliphatic heterocycles. The Labute approximate surface area is 213 Å². The minimum Gasteiger partial charge on any atom is -0.593 e. The van der Waals surface area contributed by atoms with Crippen molar-refractivity contribution in [2.75, 3.05) is 6.61 Å². The van der Waals surface area contributed by atoms with Crippen LogP contribution in [0.4, 0.5) is 13.2 Å². The molecule has 37 heavy (non-hydrogen) atoms. The minimum atomic E-state index is -4.66. The van der Waals surface area contributed by atoms with Crippen molar-refractivity contribution in [1.29, 1.82) is 0 Å². The van der Waals surface area contributed by atoms with Gasteiger partial charge >= 0.3 is 12.1 Å². The maximum Gasteiger partial charge on any atom is 0.417 e. The molecule has 0 fully saturated rings. The molecule has 0 saturated heterocycles. The number of H-pyrrole nitrogens is 1. The zero-order valence-electron chi connectivity index (χ0n) is 19.7. The van der Waals surface area contributed by atoms with E-state index >= 15 is 0 Å². The second kappa shape index (κ2) is 11.2. The summed E-state index contributed by atoms with van der Waals surface area (Å²) in [5, 5.41) is -0.0857. The summed E-state index contributed by atoms with van der Waals surface area (Å²) >= 11 is -1.74. The number of alkyl halides is 3. The third-order valence-corrected chi connectivity index (χ3v) is 6.79. The van der Waals surface area contributed by atoms with Gasteiger partial charge in [0.25, 0.3) is 0 Å². The van der Waals surface area contributed by atoms with Gasteiger partial charge in [0.1, 0.15) is 0 Å². The van der Waals surface area contributed by atoms with Crippen LogP contribution in [0.5, 0.6) is 0 Å². The lowest BCUT2D eigenvalue weighted by Crippen LogP contribution is -2.35. The van der Waals surface area contributed by atoms with Crippen molar-refractivity contribution in [2.24, 2.45) is 0 Å². The number of nitrogens with one attached hydrogen (secondary N) is 2. The van der Waals surface area contributed by atoms with Gasteiger partial charge in [-0.2, -0.15) is 13.2 Å². The van der Waals surface area contributed by atoms with Gasteiger partial charge in [-0.1, -0.05) is 48.5 Å². The minimum absolute atomic E-state index is 0.0857. The first-order valence-corrected chi connectivity index (χ1v) is 12.5. The molecule has 0 spiro atoms. The van der Waals surface area contributed by atoms with Gasteiger partial charge in [0, 0.05) is 17.0 Å². The molecule has 0 saturated carbocycles. The van der Waals surface area contributed by atoms with E-state index in [1.807, 2.05) is 0 Å². The molecule has 0 radical (unpaired) electrons. The average Bonchev–Trinajstić information content (AvgIpc) is 2.87. The molecule has 2 atom stereocenters. The Morgan fingerprint density at radius 3 is 2.35 bits per heavy atom. The molecule has 2 unspecified atom stereocenters. The first kappa shape index (κ1) is 26.5. The van der Waals surface area contributed by atoms with Crippen molar-refractivity contribution < 1.29 is 27.3 Å². The summed E-state index contributed by atoms with van der Waals surface area (Å²) in [5.74, 6) is -0.547. The Morgan fingerprint density at radius 1 is 1.03 bits per heavy atom. The van der Waals surface area contributed by atoms with Crippen LogP contribution >= 0.6 is 0 Å². The average molecular weight is 529 g/mol. The summed E-state index contributed by atoms with van der Waals surface area (Å²) in [6, 6.07) is 19.7. The number of ether oxygens (including phenoxy) is 1. The van der Waals surface area contributed by atoms with Gasteiger partial charge in [-0.25, -0.2) is 4.79 Å². The lowest BCUT2D eigenvalue weighted by molar-refractivity contribution is -0.145. The molecule has 6 nitrogen and oxygen atoms in total. The highest BCUT2D eigenvalue weighted by Gasteiger charge is 2.33. The number of hydrogen-bond acceptors (Lipinski definition) is 5. The summed E-state index contributed by atoms with van der Waals surface area (Å²) in [7, 11) is 0. The highest BCUT2D eigenvalue weighted by atomic mass is 32.2. The Balaban J connectivity index is 1.52. The van der Waals surface area contributed by atoms with Crippen LogP contribution in [-0.2, 0) is 33.5 Å². The van der Waals surface area contributed by atoms with Crippen LogP contribution in [0.3, 0.4) is 0 Å². The molecule has 192 valence electrons. The fraction of sp³-hybridized carbons (Fsp3) is 0.185. The maximum atomic E-state index is 13.5. The number of pyridine rings is 1. The topological polar surface area (TPSA) is 94.2 Å². The van der Waals surface area contributed by atoms with Gasteiger partial charge in [0.05, 0.1) is 23.5 Å². The molecule has 0 aliphatic carbocycles. The highest BCUT2D eigenvalue weighted by molar-refractivity contribution is 7.89. The molecule has 2 N–H and O–H groups in total. The number of fused-ring (bicyclic) bond motifs is 1. The van der Waals surface area contributed by atoms with Crippen molar-refractivity contribution >= 4 is 28.2 Å². The molecule has 0 bridgehead atoms. The third-order valence-electron chi connectivity index (χ3n) is 5.64. The summed E-state index contributed by atoms with van der Waals surface area (Å²) in [6.07, 6.45) is -4.34. The molecule has 4 rings (SSSR count). The summed E-state index contributed by atoms with van der Waals surface area (Å²) in [6.45, 7) is 1.87. The van der Waals surface area contributed by atoms with E-state index in [4.69, 9.17) is 4.74 Å². The number of benzene rings is 3. The predicted molar refractivity (Wildman–Crippen MR) is 134 cm³/mol. The number of halogens is 3. The summed E-state index contributed by atoms with van der Waals surface area (Å²) in [4.78, 5) is 26.9. The van der Waals surface area contributed by atoms with E-state index in [0.29, 0.717) is 28.5 Å². The molecular weight excluding hydrogens is 505 g/mol. The van der Waals surface area contributed by atoms with E-state index in [2.05, 4.69) is 9.71 Å². The fourth-order valence-electron chi connectivity index (χ4n) is 3.91. The Morgan fingerprint density at radius 2 is 1.70 bits per heavy atom. The lowest BCUT2D eigenvalue weighted by atomic mass is 10.0. The molecule has 1 aromatic heterocycles. The van der Waals surface area contributed by atoms with Crippen LogP contribution in [0.1, 0.15) is 35.2 Å². The van der Waals surface area contributed by atoms with Crippen molar-refractivity contribution in [3.63, 3.8) is 0 Å². The Hall–Kier alpha value is -3.60. The van der Waals surface area contributed by atoms with Crippen LogP contribution in [0.25, 0.3) is 10.9 Å². The summed E-state index contributed by atoms with van der Waals surface area (Å²) in [5.41, 5.74) is 0.310. The molecule has 10 heteroatoms. The molecular formula is C27H23F3N2O4S. The highest BCUT2D eigenvalue weighted by Crippen LogP contribution is 2.33. The van der Waals surface area contributed by atoms with E-state index < -0.39 is 40.7 Å². The van der Waals surface area contributed by atoms with Gasteiger partial charge in [-0.05, 0) is 54.3 Å². The van der Waals surface area contributed by atoms with Gasteiger partial charge in [-0.3, -0.25) is 4.79 Å². The molecule has 4 aromatic rings. The van der Waals surface area contributed by atoms with Crippen LogP contribution < -0.4 is 10.3 Å². The molecule has 1 heterocycles. The number of rotatable bonds is 8. The quantitative estimate of drug-likeness (QED) is 0.247. The Kier molecular flexibility index (Phi) is 8.01. The molecule has 3 aromatic carbocycles. The maximum absolute atomic E-state index is 13.5. The van der Waals surface area contributed by atoms with Crippen molar-refractivity contribution in [2.45, 2.75) is 30.5 Å². The van der Waals surface area contributed by atoms with Gasteiger partial charge in [0.2, 0.25) is 5.56 Å². The SMILES string of the molecule is CCOC(=O)C(N[S+]([O-])c1ccc(Cc2ccc3[nH]c(=O)cc(C(F)(F)F)c3c2)cc1)c1ccccc1. The smallest absolute Gasteiger partial charge is 0.417 e. The zero-order valence-corrected chi connectivity index (χ0v) is 20.5. The Bertz CT molecular complexity index is 1440. The standard InChI is InChI=1S/C27H23F3N2O4S/c1-2-36-26(34)25(19-6-4-3-5-7-19)32-37(35)20-11-8-17(9-12-20)14-18-10-13-23-21(15-18)22(27(28,29)30)16-24(33)31-23/h3-13,15-16,25,32H,2,14H2,1H3,(H,31,33). The van der Waals surface area contributed by atoms with Gasteiger partial charge in [0.15, 0.2) is 10.9 Å². The lowest BCUT2D eigenvalue weighted by Gasteiger charge is -2.19. The fourth-order valence-corrected chi connectivity index (χ4v) is 4.88. The van der Waals surface area contributed by atoms with E-state index in [0.717, 1.165) is 5.56 Å². The summed E-state index contributed by atoms with van der Waals surface area (Å²) < 4.78 is 61.3. The van der Waals surface area contributed by atoms with Crippen molar-refractivity contribution in [1.82, 2.24) is 9.71 Å². The van der Waals surface area contributed by atoms with Crippen molar-refractivity contribution in [3.05, 3.63) is 111 Å². The molecule has 0 amide bonds. The number of esters is 1. The third kappa shape index (κ3) is 6.40. The second-order valence-electron chi connectivity index (χ2n) is 8.23. The number of aromatic amines is 1. The first-order valence-electron chi connectivity index (χ1n) is 11.4. The number of aromatic nitrogens is 1. The van der Waals surface area contributed by atoms with Crippen LogP contribution in [0, 0.1) is 0 Å². The number of carbonyl (C=O) groups excluding carboxylic acids is 1. The first-order chi connectivity index (χ1) is 17.7. The van der Waals surface area contributed by atoms with Crippen LogP contribution in [0.2, 0.25) is 0 Å². The van der Waals surface area contributed by atoms with Crippen LogP contribution in [-0.4, -0.2) is 22.1 Å². The van der Waals surface area contributed by atoms with Crippen molar-refractivity contribution in [3.8, 4) is 0 Å². The normalized spacial score (nSPS) is 13.3. The zero-order chi connectivity index (χ0) is 26.6. The van der Waals surface area contributed by atoms with E-state index in [9.17, 15) is 27.3 Å².